The monoisotopic (exact) mass is 543 g/mol. The van der Waals surface area contributed by atoms with Gasteiger partial charge < -0.3 is 14.3 Å². The zero-order valence-corrected chi connectivity index (χ0v) is 23.8. The lowest BCUT2D eigenvalue weighted by atomic mass is 9.70. The van der Waals surface area contributed by atoms with E-state index in [0.29, 0.717) is 5.71 Å². The minimum Gasteiger partial charge on any atom is -0.462 e. The van der Waals surface area contributed by atoms with Crippen molar-refractivity contribution in [3.63, 3.8) is 0 Å². The Hall–Kier alpha value is -4.71. The minimum absolute atomic E-state index is 0.0599. The van der Waals surface area contributed by atoms with Crippen molar-refractivity contribution in [2.45, 2.75) is 67.2 Å². The van der Waals surface area contributed by atoms with Gasteiger partial charge in [0.2, 0.25) is 0 Å². The molecular formula is C32H33NO7. The molecule has 2 fully saturated rings. The number of hydrogen-bond acceptors (Lipinski definition) is 8. The van der Waals surface area contributed by atoms with E-state index in [1.165, 1.54) is 6.92 Å². The van der Waals surface area contributed by atoms with Gasteiger partial charge in [0.05, 0.1) is 12.8 Å². The van der Waals surface area contributed by atoms with Crippen LogP contribution in [0.3, 0.4) is 0 Å². The Morgan fingerprint density at radius 3 is 1.85 bits per heavy atom. The van der Waals surface area contributed by atoms with Crippen LogP contribution < -0.4 is 0 Å². The number of carbonyl (C=O) groups is 4. The molecule has 0 N–H and O–H groups in total. The molecule has 2 unspecified atom stereocenters. The summed E-state index contributed by atoms with van der Waals surface area (Å²) >= 11 is 0. The fraction of sp³-hybridized carbons (Fsp3) is 0.469. The van der Waals surface area contributed by atoms with Gasteiger partial charge in [-0.1, -0.05) is 44.3 Å². The van der Waals surface area contributed by atoms with Crippen molar-refractivity contribution < 1.29 is 33.5 Å². The van der Waals surface area contributed by atoms with Crippen LogP contribution in [0.15, 0.2) is 17.3 Å². The van der Waals surface area contributed by atoms with E-state index in [2.05, 4.69) is 70.9 Å². The van der Waals surface area contributed by atoms with Crippen LogP contribution in [0.4, 0.5) is 0 Å². The Bertz CT molecular complexity index is 1330. The quantitative estimate of drug-likeness (QED) is 0.115. The maximum Gasteiger partial charge on any atom is 0.335 e. The van der Waals surface area contributed by atoms with Gasteiger partial charge in [0.25, 0.3) is 0 Å². The van der Waals surface area contributed by atoms with Crippen LogP contribution in [0.5, 0.6) is 0 Å². The third-order valence-electron chi connectivity index (χ3n) is 6.69. The second kappa shape index (κ2) is 16.3. The summed E-state index contributed by atoms with van der Waals surface area (Å²) in [6.45, 7) is 14.2. The summed E-state index contributed by atoms with van der Waals surface area (Å²) in [5.41, 5.74) is -0.0621. The van der Waals surface area contributed by atoms with Crippen molar-refractivity contribution in [1.82, 2.24) is 0 Å². The maximum absolute atomic E-state index is 12.5. The summed E-state index contributed by atoms with van der Waals surface area (Å²) < 4.78 is 9.64. The lowest BCUT2D eigenvalue weighted by Crippen LogP contribution is -2.34. The van der Waals surface area contributed by atoms with Gasteiger partial charge in [-0.05, 0) is 86.4 Å². The van der Waals surface area contributed by atoms with Crippen molar-refractivity contribution in [3.8, 4) is 59.2 Å². The molecule has 0 aromatic heterocycles. The summed E-state index contributed by atoms with van der Waals surface area (Å²) in [5.74, 6) is 23.5. The van der Waals surface area contributed by atoms with Crippen LogP contribution in [0.25, 0.3) is 0 Å². The average Bonchev–Trinajstić information content (AvgIpc) is 3.22. The third kappa shape index (κ3) is 9.55. The number of esters is 2. The van der Waals surface area contributed by atoms with Gasteiger partial charge in [-0.2, -0.15) is 0 Å². The first-order valence-corrected chi connectivity index (χ1v) is 12.6. The molecule has 0 aromatic carbocycles. The van der Waals surface area contributed by atoms with E-state index in [-0.39, 0.29) is 48.7 Å². The largest absolute Gasteiger partial charge is 0.462 e. The zero-order chi connectivity index (χ0) is 30.2. The average molecular weight is 544 g/mol. The highest BCUT2D eigenvalue weighted by Gasteiger charge is 2.65. The Kier molecular flexibility index (Phi) is 13.6. The lowest BCUT2D eigenvalue weighted by Gasteiger charge is -2.32. The van der Waals surface area contributed by atoms with Crippen LogP contribution in [-0.2, 0) is 33.5 Å². The number of carbonyl (C=O) groups excluding carboxylic acids is 4. The second-order valence-corrected chi connectivity index (χ2v) is 9.55. The number of rotatable bonds is 8. The molecule has 2 rings (SSSR count). The van der Waals surface area contributed by atoms with Crippen LogP contribution in [0.2, 0.25) is 0 Å². The van der Waals surface area contributed by atoms with E-state index in [4.69, 9.17) is 14.3 Å². The van der Waals surface area contributed by atoms with Crippen molar-refractivity contribution >= 4 is 29.4 Å². The molecular weight excluding hydrogens is 510 g/mol. The van der Waals surface area contributed by atoms with E-state index < -0.39 is 23.3 Å². The predicted molar refractivity (Wildman–Crippen MR) is 149 cm³/mol. The first kappa shape index (κ1) is 33.3. The second-order valence-electron chi connectivity index (χ2n) is 9.55. The first-order valence-electron chi connectivity index (χ1n) is 12.6. The smallest absolute Gasteiger partial charge is 0.335 e. The molecule has 2 aliphatic carbocycles. The van der Waals surface area contributed by atoms with Gasteiger partial charge in [0.1, 0.15) is 18.9 Å². The summed E-state index contributed by atoms with van der Waals surface area (Å²) in [6.07, 6.45) is 1.23. The third-order valence-corrected chi connectivity index (χ3v) is 6.69. The zero-order valence-electron chi connectivity index (χ0n) is 23.8. The standard InChI is InChI=1S/C20H27NO7.C12H6/c1-12(2)18(25)27-11-10-26-14(22)6-7-15(23)28-21-17-16(24)13-8-9-20(17,5)19(13,3)4;1-3-5-7-9-11-12-10-8-6-4-2/h13H,1,6-11H2,2-5H3;1-2H3/b21-17-;. The van der Waals surface area contributed by atoms with Gasteiger partial charge in [-0.15, -0.1) is 0 Å². The normalized spacial score (nSPS) is 19.5. The van der Waals surface area contributed by atoms with Gasteiger partial charge in [0.15, 0.2) is 5.78 Å². The Morgan fingerprint density at radius 2 is 1.38 bits per heavy atom. The molecule has 2 aliphatic rings. The Balaban J connectivity index is 0.000000562. The molecule has 208 valence electrons. The van der Waals surface area contributed by atoms with Gasteiger partial charge in [0, 0.05) is 16.9 Å². The Labute approximate surface area is 236 Å². The number of hydrogen-bond donors (Lipinski definition) is 0. The number of fused-ring (bicyclic) bond motifs is 2. The van der Waals surface area contributed by atoms with E-state index >= 15 is 0 Å². The molecule has 0 heterocycles. The van der Waals surface area contributed by atoms with Crippen LogP contribution in [0, 0.1) is 76.0 Å². The number of nitrogens with zero attached hydrogens (tertiary/aromatic N) is 1. The van der Waals surface area contributed by atoms with E-state index in [1.807, 2.05) is 20.8 Å². The molecule has 0 aliphatic heterocycles. The highest BCUT2D eigenvalue weighted by atomic mass is 16.7. The molecule has 40 heavy (non-hydrogen) atoms. The number of ketones is 1. The van der Waals surface area contributed by atoms with Crippen LogP contribution in [0.1, 0.15) is 67.2 Å². The molecule has 0 aromatic rings. The van der Waals surface area contributed by atoms with Gasteiger partial charge in [-0.25, -0.2) is 9.59 Å². The topological polar surface area (TPSA) is 108 Å². The molecule has 0 amide bonds. The van der Waals surface area contributed by atoms with Gasteiger partial charge in [-0.3, -0.25) is 9.59 Å². The minimum atomic E-state index is -0.713. The van der Waals surface area contributed by atoms with E-state index in [0.717, 1.165) is 12.8 Å². The van der Waals surface area contributed by atoms with Crippen LogP contribution >= 0.6 is 0 Å². The SMILES string of the molecule is C=C(C)C(=O)OCCOC(=O)CCC(=O)O/N=C1/C(=O)C2CCC1(C)C2(C)C.CC#CC#CC#CC#CC#CC. The molecule has 8 nitrogen and oxygen atoms in total. The predicted octanol–water partition coefficient (Wildman–Crippen LogP) is 3.40. The highest BCUT2D eigenvalue weighted by Crippen LogP contribution is 2.62. The van der Waals surface area contributed by atoms with E-state index in [9.17, 15) is 19.2 Å². The summed E-state index contributed by atoms with van der Waals surface area (Å²) in [6, 6.07) is 0. The highest BCUT2D eigenvalue weighted by molar-refractivity contribution is 6.45. The molecule has 0 spiro atoms. The first-order chi connectivity index (χ1) is 18.9. The van der Waals surface area contributed by atoms with Crippen molar-refractivity contribution in [1.29, 1.82) is 0 Å². The summed E-state index contributed by atoms with van der Waals surface area (Å²) in [7, 11) is 0. The Morgan fingerprint density at radius 1 is 0.875 bits per heavy atom. The number of Topliss-reactive ketones (excluding diaryl/α,β-unsaturated/α-hetero) is 1. The summed E-state index contributed by atoms with van der Waals surface area (Å²) in [4.78, 5) is 52.0. The summed E-state index contributed by atoms with van der Waals surface area (Å²) in [5, 5.41) is 3.84. The van der Waals surface area contributed by atoms with Crippen molar-refractivity contribution in [2.24, 2.45) is 21.9 Å². The van der Waals surface area contributed by atoms with E-state index in [1.54, 1.807) is 13.8 Å². The molecule has 8 heteroatoms. The number of oxime groups is 1. The van der Waals surface area contributed by atoms with Crippen molar-refractivity contribution in [2.75, 3.05) is 13.2 Å². The molecule has 2 atom stereocenters. The molecule has 2 saturated carbocycles. The van der Waals surface area contributed by atoms with Crippen LogP contribution in [-0.4, -0.2) is 42.6 Å². The van der Waals surface area contributed by atoms with Crippen molar-refractivity contribution in [3.05, 3.63) is 12.2 Å². The molecule has 2 bridgehead atoms. The fourth-order valence-corrected chi connectivity index (χ4v) is 4.11. The maximum atomic E-state index is 12.5. The number of ether oxygens (including phenoxy) is 2. The molecule has 0 saturated heterocycles. The fourth-order valence-electron chi connectivity index (χ4n) is 4.11. The lowest BCUT2D eigenvalue weighted by molar-refractivity contribution is -0.153. The molecule has 0 radical (unpaired) electrons. The van der Waals surface area contributed by atoms with Gasteiger partial charge >= 0.3 is 17.9 Å².